The summed E-state index contributed by atoms with van der Waals surface area (Å²) in [6, 6.07) is 0.0545. The van der Waals surface area contributed by atoms with Crippen LogP contribution in [0.5, 0.6) is 0 Å². The molecule has 2 rings (SSSR count). The van der Waals surface area contributed by atoms with Gasteiger partial charge in [-0.1, -0.05) is 0 Å². The Morgan fingerprint density at radius 3 is 2.50 bits per heavy atom. The number of thioether (sulfide) groups is 1. The fourth-order valence-electron chi connectivity index (χ4n) is 2.04. The zero-order valence-corrected chi connectivity index (χ0v) is 12.7. The molecule has 0 radical (unpaired) electrons. The van der Waals surface area contributed by atoms with Crippen LogP contribution in [0, 0.1) is 0 Å². The summed E-state index contributed by atoms with van der Waals surface area (Å²) in [6.45, 7) is 5.63. The highest BCUT2D eigenvalue weighted by atomic mass is 32.2. The minimum Gasteiger partial charge on any atom is -0.393 e. The fourth-order valence-corrected chi connectivity index (χ4v) is 3.04. The summed E-state index contributed by atoms with van der Waals surface area (Å²) >= 11 is 1.42. The summed E-state index contributed by atoms with van der Waals surface area (Å²) < 4.78 is 3.22. The van der Waals surface area contributed by atoms with Crippen LogP contribution in [0.15, 0.2) is 14.7 Å². The molecule has 3 N–H and O–H groups in total. The summed E-state index contributed by atoms with van der Waals surface area (Å²) in [5.74, 6) is 0.505. The van der Waals surface area contributed by atoms with Gasteiger partial charge < -0.3 is 5.11 Å². The highest BCUT2D eigenvalue weighted by Crippen LogP contribution is 2.18. The van der Waals surface area contributed by atoms with Gasteiger partial charge in [0.1, 0.15) is 0 Å². The Kier molecular flexibility index (Phi) is 4.05. The van der Waals surface area contributed by atoms with Gasteiger partial charge in [-0.15, -0.1) is 0 Å². The van der Waals surface area contributed by atoms with Crippen molar-refractivity contribution < 1.29 is 9.67 Å². The zero-order valence-electron chi connectivity index (χ0n) is 11.9. The third-order valence-corrected chi connectivity index (χ3v) is 4.18. The molecule has 0 aromatic carbocycles. The molecule has 2 heterocycles. The van der Waals surface area contributed by atoms with E-state index in [1.54, 1.807) is 14.0 Å². The molecule has 0 saturated heterocycles. The van der Waals surface area contributed by atoms with E-state index < -0.39 is 17.4 Å². The number of aliphatic hydroxyl groups excluding tert-OH is 1. The smallest absolute Gasteiger partial charge is 0.331 e. The summed E-state index contributed by atoms with van der Waals surface area (Å²) in [4.78, 5) is 29.1. The number of imidazole rings is 1. The molecule has 0 fully saturated rings. The van der Waals surface area contributed by atoms with E-state index in [0.29, 0.717) is 16.9 Å². The number of aromatic nitrogens is 4. The van der Waals surface area contributed by atoms with Crippen molar-refractivity contribution in [3.63, 3.8) is 0 Å². The van der Waals surface area contributed by atoms with E-state index >= 15 is 0 Å². The Bertz CT molecular complexity index is 741. The second-order valence-corrected chi connectivity index (χ2v) is 6.08. The topological polar surface area (TPSA) is 94.8 Å². The molecule has 0 spiro atoms. The average molecular weight is 299 g/mol. The molecule has 0 saturated carbocycles. The van der Waals surface area contributed by atoms with Crippen molar-refractivity contribution in [2.75, 3.05) is 5.75 Å². The lowest BCUT2D eigenvalue weighted by Crippen LogP contribution is -2.42. The van der Waals surface area contributed by atoms with E-state index in [1.165, 1.54) is 16.3 Å². The maximum Gasteiger partial charge on any atom is 0.331 e. The van der Waals surface area contributed by atoms with Gasteiger partial charge in [-0.05, 0) is 32.5 Å². The number of nitrogens with zero attached hydrogens (tertiary/aromatic N) is 2. The summed E-state index contributed by atoms with van der Waals surface area (Å²) in [7, 11) is 1.60. The third kappa shape index (κ3) is 2.53. The molecular weight excluding hydrogens is 280 g/mol. The van der Waals surface area contributed by atoms with Crippen LogP contribution in [0.3, 0.4) is 0 Å². The zero-order chi connectivity index (χ0) is 15.0. The van der Waals surface area contributed by atoms with Gasteiger partial charge in [0.25, 0.3) is 11.2 Å². The Morgan fingerprint density at radius 1 is 1.30 bits per heavy atom. The number of aromatic amines is 2. The van der Waals surface area contributed by atoms with Crippen molar-refractivity contribution in [3.05, 3.63) is 20.8 Å². The van der Waals surface area contributed by atoms with Gasteiger partial charge >= 0.3 is 16.4 Å². The lowest BCUT2D eigenvalue weighted by Gasteiger charge is -2.05. The molecule has 20 heavy (non-hydrogen) atoms. The molecule has 8 heteroatoms. The van der Waals surface area contributed by atoms with Gasteiger partial charge in [0.2, 0.25) is 0 Å². The maximum absolute atomic E-state index is 12.1. The number of hydrogen-bond donors (Lipinski definition) is 3. The third-order valence-electron chi connectivity index (χ3n) is 2.96. The van der Waals surface area contributed by atoms with E-state index in [0.717, 1.165) is 5.16 Å². The first-order valence-electron chi connectivity index (χ1n) is 6.40. The molecule has 1 atom stereocenters. The van der Waals surface area contributed by atoms with Crippen LogP contribution < -0.4 is 15.8 Å². The van der Waals surface area contributed by atoms with Crippen molar-refractivity contribution in [3.8, 4) is 0 Å². The maximum atomic E-state index is 12.1. The second kappa shape index (κ2) is 5.45. The lowest BCUT2D eigenvalue weighted by molar-refractivity contribution is -0.727. The predicted octanol–water partition coefficient (Wildman–Crippen LogP) is -0.104. The number of H-pyrrole nitrogens is 2. The van der Waals surface area contributed by atoms with Gasteiger partial charge in [-0.2, -0.15) is 0 Å². The first kappa shape index (κ1) is 14.9. The first-order chi connectivity index (χ1) is 9.32. The van der Waals surface area contributed by atoms with Crippen molar-refractivity contribution in [2.45, 2.75) is 38.1 Å². The summed E-state index contributed by atoms with van der Waals surface area (Å²) in [5.41, 5.74) is 0.0689. The SMILES string of the molecule is CC(O)CSc1[nH]c2c(c(=O)[nH]c(=O)n2C)[n+]1C(C)C. The Morgan fingerprint density at radius 2 is 1.95 bits per heavy atom. The van der Waals surface area contributed by atoms with Crippen molar-refractivity contribution >= 4 is 22.9 Å². The molecule has 110 valence electrons. The van der Waals surface area contributed by atoms with Crippen LogP contribution in [0.1, 0.15) is 26.8 Å². The Balaban J connectivity index is 2.73. The molecule has 0 aliphatic carbocycles. The van der Waals surface area contributed by atoms with Crippen LogP contribution in [0.2, 0.25) is 0 Å². The Labute approximate surface area is 119 Å². The molecule has 0 bridgehead atoms. The number of nitrogens with one attached hydrogen (secondary N) is 2. The average Bonchev–Trinajstić information content (AvgIpc) is 2.73. The molecule has 0 amide bonds. The van der Waals surface area contributed by atoms with Crippen LogP contribution in [0.4, 0.5) is 0 Å². The van der Waals surface area contributed by atoms with Crippen LogP contribution in [-0.2, 0) is 7.05 Å². The number of rotatable bonds is 4. The van der Waals surface area contributed by atoms with Gasteiger partial charge in [0.05, 0.1) is 12.1 Å². The molecule has 2 aromatic rings. The van der Waals surface area contributed by atoms with Crippen molar-refractivity contribution in [2.24, 2.45) is 7.05 Å². The first-order valence-corrected chi connectivity index (χ1v) is 7.38. The van der Waals surface area contributed by atoms with Gasteiger partial charge in [0, 0.05) is 12.8 Å². The number of aliphatic hydroxyl groups is 1. The quantitative estimate of drug-likeness (QED) is 0.542. The van der Waals surface area contributed by atoms with Crippen LogP contribution in [0.25, 0.3) is 11.2 Å². The number of hydrogen-bond acceptors (Lipinski definition) is 4. The van der Waals surface area contributed by atoms with Gasteiger partial charge in [-0.25, -0.2) is 14.3 Å². The van der Waals surface area contributed by atoms with E-state index in [2.05, 4.69) is 9.97 Å². The minimum atomic E-state index is -0.452. The Hall–Kier alpha value is -1.54. The lowest BCUT2D eigenvalue weighted by atomic mass is 10.4. The highest BCUT2D eigenvalue weighted by molar-refractivity contribution is 7.99. The molecule has 0 aliphatic rings. The number of fused-ring (bicyclic) bond motifs is 1. The molecular formula is C12H19N4O3S+. The molecule has 7 nitrogen and oxygen atoms in total. The van der Waals surface area contributed by atoms with Crippen molar-refractivity contribution in [1.29, 1.82) is 0 Å². The summed E-state index contributed by atoms with van der Waals surface area (Å²) in [6.07, 6.45) is -0.450. The van der Waals surface area contributed by atoms with E-state index in [-0.39, 0.29) is 6.04 Å². The van der Waals surface area contributed by atoms with Crippen LogP contribution >= 0.6 is 11.8 Å². The molecule has 1 unspecified atom stereocenters. The predicted molar refractivity (Wildman–Crippen MR) is 77.1 cm³/mol. The fraction of sp³-hybridized carbons (Fsp3) is 0.583. The number of aryl methyl sites for hydroxylation is 1. The van der Waals surface area contributed by atoms with E-state index in [1.807, 2.05) is 18.4 Å². The summed E-state index contributed by atoms with van der Waals surface area (Å²) in [5, 5.41) is 10.2. The highest BCUT2D eigenvalue weighted by Gasteiger charge is 2.26. The molecule has 2 aromatic heterocycles. The normalized spacial score (nSPS) is 13.3. The monoisotopic (exact) mass is 299 g/mol. The molecule has 0 aliphatic heterocycles. The largest absolute Gasteiger partial charge is 0.393 e. The minimum absolute atomic E-state index is 0.0545. The van der Waals surface area contributed by atoms with Gasteiger partial charge in [-0.3, -0.25) is 14.3 Å². The second-order valence-electron chi connectivity index (χ2n) is 5.07. The standard InChI is InChI=1S/C12H18N4O3S/c1-6(2)16-8-9(13-12(16)20-5-7(3)17)15(4)11(19)14-10(8)18/h6-7,17H,5H2,1-4H3,(H,14,18,19)/p+1. The van der Waals surface area contributed by atoms with E-state index in [4.69, 9.17) is 0 Å². The van der Waals surface area contributed by atoms with Gasteiger partial charge in [0.15, 0.2) is 0 Å². The van der Waals surface area contributed by atoms with E-state index in [9.17, 15) is 14.7 Å². The van der Waals surface area contributed by atoms with Crippen LogP contribution in [-0.4, -0.2) is 31.5 Å². The van der Waals surface area contributed by atoms with Crippen molar-refractivity contribution in [1.82, 2.24) is 14.5 Å².